The highest BCUT2D eigenvalue weighted by Crippen LogP contribution is 2.53. The molecule has 0 fully saturated rings. The molecule has 47 heavy (non-hydrogen) atoms. The fourth-order valence-electron chi connectivity index (χ4n) is 7.19. The second kappa shape index (κ2) is 11.3. The molecule has 0 N–H and O–H groups in total. The van der Waals surface area contributed by atoms with Crippen molar-refractivity contribution in [3.05, 3.63) is 180 Å². The van der Waals surface area contributed by atoms with Gasteiger partial charge >= 0.3 is 0 Å². The van der Waals surface area contributed by atoms with E-state index in [9.17, 15) is 0 Å². The molecule has 2 nitrogen and oxygen atoms in total. The van der Waals surface area contributed by atoms with Gasteiger partial charge in [-0.2, -0.15) is 0 Å². The summed E-state index contributed by atoms with van der Waals surface area (Å²) in [6.07, 6.45) is 0. The number of fused-ring (bicyclic) bond motifs is 5. The van der Waals surface area contributed by atoms with Crippen LogP contribution >= 0.6 is 0 Å². The molecule has 0 radical (unpaired) electrons. The minimum Gasteiger partial charge on any atom is -0.308 e. The second-order valence-electron chi connectivity index (χ2n) is 12.5. The summed E-state index contributed by atoms with van der Waals surface area (Å²) in [5, 5.41) is 2.24. The van der Waals surface area contributed by atoms with Gasteiger partial charge in [0.1, 0.15) is 11.6 Å². The zero-order chi connectivity index (χ0) is 32.1. The third kappa shape index (κ3) is 4.76. The summed E-state index contributed by atoms with van der Waals surface area (Å²) in [4.78, 5) is 3.95. The Bertz CT molecular complexity index is 2260. The van der Waals surface area contributed by atoms with E-state index in [-0.39, 0.29) is 17.0 Å². The van der Waals surface area contributed by atoms with Crippen LogP contribution in [0.15, 0.2) is 158 Å². The maximum atomic E-state index is 15.3. The first-order valence-corrected chi connectivity index (χ1v) is 15.8. The Morgan fingerprint density at radius 3 is 1.51 bits per heavy atom. The molecule has 0 heterocycles. The Morgan fingerprint density at radius 1 is 0.447 bits per heavy atom. The lowest BCUT2D eigenvalue weighted by Gasteiger charge is -2.29. The molecule has 0 atom stereocenters. The van der Waals surface area contributed by atoms with E-state index in [1.165, 1.54) is 34.4 Å². The molecule has 0 bridgehead atoms. The van der Waals surface area contributed by atoms with Crippen molar-refractivity contribution in [3.8, 4) is 11.1 Å². The Labute approximate surface area is 273 Å². The molecule has 0 unspecified atom stereocenters. The predicted molar refractivity (Wildman–Crippen MR) is 191 cm³/mol. The van der Waals surface area contributed by atoms with Crippen molar-refractivity contribution in [2.45, 2.75) is 19.3 Å². The molecule has 7 aromatic rings. The van der Waals surface area contributed by atoms with Gasteiger partial charge in [0, 0.05) is 28.2 Å². The number of hydrogen-bond donors (Lipinski definition) is 0. The van der Waals surface area contributed by atoms with E-state index >= 15 is 8.78 Å². The molecule has 228 valence electrons. The summed E-state index contributed by atoms with van der Waals surface area (Å²) >= 11 is 0. The predicted octanol–water partition coefficient (Wildman–Crippen LogP) is 12.4. The molecule has 0 amide bonds. The largest absolute Gasteiger partial charge is 0.308 e. The van der Waals surface area contributed by atoms with Gasteiger partial charge in [-0.05, 0) is 106 Å². The fourth-order valence-corrected chi connectivity index (χ4v) is 7.19. The number of nitrogens with zero attached hydrogens (tertiary/aromatic N) is 2. The van der Waals surface area contributed by atoms with E-state index < -0.39 is 0 Å². The second-order valence-corrected chi connectivity index (χ2v) is 12.5. The molecule has 0 saturated heterocycles. The van der Waals surface area contributed by atoms with Crippen LogP contribution in [-0.4, -0.2) is 0 Å². The van der Waals surface area contributed by atoms with Crippen molar-refractivity contribution in [1.29, 1.82) is 0 Å². The van der Waals surface area contributed by atoms with E-state index in [1.54, 1.807) is 12.1 Å². The van der Waals surface area contributed by atoms with Crippen molar-refractivity contribution in [1.82, 2.24) is 0 Å². The minimum absolute atomic E-state index is 0.277. The van der Waals surface area contributed by atoms with Gasteiger partial charge in [0.15, 0.2) is 0 Å². The van der Waals surface area contributed by atoms with Crippen LogP contribution in [0.4, 0.5) is 42.9 Å². The summed E-state index contributed by atoms with van der Waals surface area (Å²) in [7, 11) is 0. The fraction of sp³-hybridized carbons (Fsp3) is 0.0698. The summed E-state index contributed by atoms with van der Waals surface area (Å²) in [6, 6.07) is 50.9. The molecular formula is C43H32F2N2. The number of halogens is 2. The molecule has 0 aliphatic heterocycles. The Balaban J connectivity index is 1.25. The quantitative estimate of drug-likeness (QED) is 0.184. The molecular weight excluding hydrogens is 582 g/mol. The van der Waals surface area contributed by atoms with Crippen molar-refractivity contribution >= 4 is 44.9 Å². The van der Waals surface area contributed by atoms with Crippen LogP contribution in [0.1, 0.15) is 25.0 Å². The highest BCUT2D eigenvalue weighted by atomic mass is 19.1. The molecule has 1 aliphatic carbocycles. The van der Waals surface area contributed by atoms with Crippen LogP contribution in [0.5, 0.6) is 0 Å². The molecule has 8 rings (SSSR count). The van der Waals surface area contributed by atoms with Gasteiger partial charge in [-0.15, -0.1) is 0 Å². The van der Waals surface area contributed by atoms with Gasteiger partial charge in [-0.3, -0.25) is 0 Å². The minimum atomic E-state index is -0.329. The van der Waals surface area contributed by atoms with Gasteiger partial charge in [0.2, 0.25) is 0 Å². The van der Waals surface area contributed by atoms with Crippen molar-refractivity contribution in [2.75, 3.05) is 9.80 Å². The van der Waals surface area contributed by atoms with E-state index in [0.717, 1.165) is 33.5 Å². The van der Waals surface area contributed by atoms with E-state index in [4.69, 9.17) is 0 Å². The van der Waals surface area contributed by atoms with Gasteiger partial charge in [0.25, 0.3) is 0 Å². The molecule has 1 aliphatic rings. The third-order valence-electron chi connectivity index (χ3n) is 9.33. The average molecular weight is 615 g/mol. The van der Waals surface area contributed by atoms with Gasteiger partial charge in [-0.25, -0.2) is 8.78 Å². The van der Waals surface area contributed by atoms with Gasteiger partial charge < -0.3 is 9.80 Å². The van der Waals surface area contributed by atoms with Crippen LogP contribution in [0, 0.1) is 11.6 Å². The number of para-hydroxylation sites is 4. The van der Waals surface area contributed by atoms with E-state index in [1.807, 2.05) is 94.7 Å². The SMILES string of the molecule is CC1(C)c2cc(N(c3ccccc3)c3ccccc3F)ccc2-c2ccc3cc(N(c4ccccc4)c4ccccc4F)ccc3c21. The van der Waals surface area contributed by atoms with Crippen LogP contribution in [-0.2, 0) is 5.41 Å². The normalized spacial score (nSPS) is 12.9. The lowest BCUT2D eigenvalue weighted by atomic mass is 9.80. The highest BCUT2D eigenvalue weighted by molar-refractivity contribution is 6.00. The maximum Gasteiger partial charge on any atom is 0.147 e. The Kier molecular flexibility index (Phi) is 6.87. The molecule has 7 aromatic carbocycles. The molecule has 0 aromatic heterocycles. The molecule has 0 saturated carbocycles. The average Bonchev–Trinajstić information content (AvgIpc) is 3.33. The van der Waals surface area contributed by atoms with E-state index in [0.29, 0.717) is 11.4 Å². The third-order valence-corrected chi connectivity index (χ3v) is 9.33. The van der Waals surface area contributed by atoms with Crippen molar-refractivity contribution < 1.29 is 8.78 Å². The first-order chi connectivity index (χ1) is 22.9. The summed E-state index contributed by atoms with van der Waals surface area (Å²) < 4.78 is 30.5. The van der Waals surface area contributed by atoms with Gasteiger partial charge in [-0.1, -0.05) is 98.8 Å². The van der Waals surface area contributed by atoms with Crippen LogP contribution in [0.2, 0.25) is 0 Å². The summed E-state index contributed by atoms with van der Waals surface area (Å²) in [5.41, 5.74) is 9.05. The van der Waals surface area contributed by atoms with Gasteiger partial charge in [0.05, 0.1) is 11.4 Å². The monoisotopic (exact) mass is 614 g/mol. The maximum absolute atomic E-state index is 15.3. The van der Waals surface area contributed by atoms with Crippen molar-refractivity contribution in [2.24, 2.45) is 0 Å². The Morgan fingerprint density at radius 2 is 0.936 bits per heavy atom. The van der Waals surface area contributed by atoms with Crippen LogP contribution < -0.4 is 9.80 Å². The number of benzene rings is 7. The topological polar surface area (TPSA) is 6.48 Å². The highest BCUT2D eigenvalue weighted by Gasteiger charge is 2.37. The zero-order valence-corrected chi connectivity index (χ0v) is 26.2. The number of anilines is 6. The van der Waals surface area contributed by atoms with Crippen molar-refractivity contribution in [3.63, 3.8) is 0 Å². The summed E-state index contributed by atoms with van der Waals surface area (Å²) in [6.45, 7) is 4.53. The summed E-state index contributed by atoms with van der Waals surface area (Å²) in [5.74, 6) is -0.557. The molecule has 4 heteroatoms. The van der Waals surface area contributed by atoms with Crippen LogP contribution in [0.3, 0.4) is 0 Å². The lowest BCUT2D eigenvalue weighted by Crippen LogP contribution is -2.17. The first-order valence-electron chi connectivity index (χ1n) is 15.8. The lowest BCUT2D eigenvalue weighted by molar-refractivity contribution is 0.628. The Hall–Kier alpha value is -5.74. The smallest absolute Gasteiger partial charge is 0.147 e. The van der Waals surface area contributed by atoms with E-state index in [2.05, 4.69) is 62.4 Å². The first kappa shape index (κ1) is 28.7. The number of hydrogen-bond acceptors (Lipinski definition) is 2. The molecule has 0 spiro atoms. The standard InChI is InChI=1S/C43H32F2N2/c1-43(2)37-28-33(47(31-15-7-4-8-16-31)41-20-12-10-18-39(41)45)23-26-35(37)36-24-21-29-27-32(22-25-34(29)42(36)43)46(30-13-5-3-6-14-30)40-19-11-9-17-38(40)44/h3-28H,1-2H3. The van der Waals surface area contributed by atoms with Crippen LogP contribution in [0.25, 0.3) is 21.9 Å². The zero-order valence-electron chi connectivity index (χ0n) is 26.2. The number of rotatable bonds is 6.